The van der Waals surface area contributed by atoms with Crippen LogP contribution in [0, 0.1) is 0 Å². The van der Waals surface area contributed by atoms with Crippen LogP contribution in [-0.4, -0.2) is 56.6 Å². The Hall–Kier alpha value is -3.06. The van der Waals surface area contributed by atoms with Crippen LogP contribution in [0.25, 0.3) is 0 Å². The SMILES string of the molecule is COc1ccc(CCNC(=O)CN2CCCC2C(=O)Nc2ccc(OC)cc2)cc1. The van der Waals surface area contributed by atoms with E-state index in [9.17, 15) is 9.59 Å². The first-order valence-electron chi connectivity index (χ1n) is 10.2. The van der Waals surface area contributed by atoms with E-state index in [-0.39, 0.29) is 24.4 Å². The molecule has 0 aromatic heterocycles. The van der Waals surface area contributed by atoms with Gasteiger partial charge >= 0.3 is 0 Å². The molecule has 0 radical (unpaired) electrons. The first-order chi connectivity index (χ1) is 14.6. The lowest BCUT2D eigenvalue weighted by Gasteiger charge is -2.23. The van der Waals surface area contributed by atoms with E-state index in [0.29, 0.717) is 6.54 Å². The van der Waals surface area contributed by atoms with Gasteiger partial charge in [-0.25, -0.2) is 0 Å². The number of hydrogen-bond donors (Lipinski definition) is 2. The number of likely N-dealkylation sites (tertiary alicyclic amines) is 1. The smallest absolute Gasteiger partial charge is 0.241 e. The summed E-state index contributed by atoms with van der Waals surface area (Å²) in [6, 6.07) is 14.7. The average Bonchev–Trinajstić information content (AvgIpc) is 3.23. The third-order valence-corrected chi connectivity index (χ3v) is 5.27. The summed E-state index contributed by atoms with van der Waals surface area (Å²) in [4.78, 5) is 27.0. The number of nitrogens with zero attached hydrogens (tertiary/aromatic N) is 1. The predicted molar refractivity (Wildman–Crippen MR) is 116 cm³/mol. The predicted octanol–water partition coefficient (Wildman–Crippen LogP) is 2.47. The van der Waals surface area contributed by atoms with Crippen LogP contribution < -0.4 is 20.1 Å². The van der Waals surface area contributed by atoms with E-state index in [1.807, 2.05) is 41.3 Å². The van der Waals surface area contributed by atoms with Crippen molar-refractivity contribution < 1.29 is 19.1 Å². The van der Waals surface area contributed by atoms with Crippen LogP contribution in [0.3, 0.4) is 0 Å². The maximum Gasteiger partial charge on any atom is 0.241 e. The lowest BCUT2D eigenvalue weighted by Crippen LogP contribution is -2.45. The Kier molecular flexibility index (Phi) is 7.68. The van der Waals surface area contributed by atoms with E-state index in [4.69, 9.17) is 9.47 Å². The minimum atomic E-state index is -0.292. The summed E-state index contributed by atoms with van der Waals surface area (Å²) in [5.74, 6) is 1.41. The van der Waals surface area contributed by atoms with Crippen LogP contribution >= 0.6 is 0 Å². The maximum atomic E-state index is 12.7. The summed E-state index contributed by atoms with van der Waals surface area (Å²) < 4.78 is 10.3. The largest absolute Gasteiger partial charge is 0.497 e. The molecule has 30 heavy (non-hydrogen) atoms. The first-order valence-corrected chi connectivity index (χ1v) is 10.2. The van der Waals surface area contributed by atoms with Gasteiger partial charge in [0, 0.05) is 12.2 Å². The van der Waals surface area contributed by atoms with E-state index in [1.54, 1.807) is 26.4 Å². The highest BCUT2D eigenvalue weighted by Crippen LogP contribution is 2.20. The van der Waals surface area contributed by atoms with Crippen molar-refractivity contribution in [2.75, 3.05) is 39.2 Å². The average molecular weight is 412 g/mol. The van der Waals surface area contributed by atoms with Gasteiger partial charge in [-0.2, -0.15) is 0 Å². The molecule has 7 heteroatoms. The van der Waals surface area contributed by atoms with Crippen molar-refractivity contribution in [2.45, 2.75) is 25.3 Å². The van der Waals surface area contributed by atoms with Crippen molar-refractivity contribution in [2.24, 2.45) is 0 Å². The summed E-state index contributed by atoms with van der Waals surface area (Å²) in [6.45, 7) is 1.53. The third kappa shape index (κ3) is 5.97. The standard InChI is InChI=1S/C23H29N3O4/c1-29-19-9-5-17(6-10-19)13-14-24-22(27)16-26-15-3-4-21(26)23(28)25-18-7-11-20(30-2)12-8-18/h5-12,21H,3-4,13-16H2,1-2H3,(H,24,27)(H,25,28). The summed E-state index contributed by atoms with van der Waals surface area (Å²) in [7, 11) is 3.24. The number of methoxy groups -OCH3 is 2. The molecule has 2 amide bonds. The second kappa shape index (κ2) is 10.6. The number of anilines is 1. The number of carbonyl (C=O) groups is 2. The second-order valence-corrected chi connectivity index (χ2v) is 7.29. The molecule has 0 saturated carbocycles. The van der Waals surface area contributed by atoms with Gasteiger partial charge < -0.3 is 20.1 Å². The Morgan fingerprint density at radius 1 is 1.00 bits per heavy atom. The van der Waals surface area contributed by atoms with Crippen LogP contribution in [0.4, 0.5) is 5.69 Å². The van der Waals surface area contributed by atoms with Gasteiger partial charge in [0.2, 0.25) is 11.8 Å². The molecule has 7 nitrogen and oxygen atoms in total. The van der Waals surface area contributed by atoms with E-state index in [0.717, 1.165) is 48.6 Å². The molecule has 0 aliphatic carbocycles. The Bertz CT molecular complexity index is 837. The molecule has 1 fully saturated rings. The van der Waals surface area contributed by atoms with Gasteiger partial charge in [0.05, 0.1) is 26.8 Å². The quantitative estimate of drug-likeness (QED) is 0.663. The van der Waals surface area contributed by atoms with Crippen molar-refractivity contribution in [1.29, 1.82) is 0 Å². The number of ether oxygens (including phenoxy) is 2. The summed E-state index contributed by atoms with van der Waals surface area (Å²) in [6.07, 6.45) is 2.40. The number of carbonyl (C=O) groups excluding carboxylic acids is 2. The highest BCUT2D eigenvalue weighted by Gasteiger charge is 2.31. The van der Waals surface area contributed by atoms with Crippen molar-refractivity contribution >= 4 is 17.5 Å². The Morgan fingerprint density at radius 2 is 1.63 bits per heavy atom. The molecule has 2 aromatic rings. The number of amides is 2. The third-order valence-electron chi connectivity index (χ3n) is 5.27. The zero-order valence-corrected chi connectivity index (χ0v) is 17.5. The van der Waals surface area contributed by atoms with Crippen LogP contribution in [-0.2, 0) is 16.0 Å². The van der Waals surface area contributed by atoms with E-state index >= 15 is 0 Å². The molecule has 2 N–H and O–H groups in total. The highest BCUT2D eigenvalue weighted by molar-refractivity contribution is 5.95. The van der Waals surface area contributed by atoms with Crippen molar-refractivity contribution in [1.82, 2.24) is 10.2 Å². The molecule has 0 bridgehead atoms. The Labute approximate surface area is 177 Å². The Balaban J connectivity index is 1.44. The number of nitrogens with one attached hydrogen (secondary N) is 2. The van der Waals surface area contributed by atoms with Crippen molar-refractivity contribution in [3.63, 3.8) is 0 Å². The summed E-state index contributed by atoms with van der Waals surface area (Å²) >= 11 is 0. The molecule has 1 aliphatic heterocycles. The molecule has 1 atom stereocenters. The molecule has 0 spiro atoms. The molecule has 1 unspecified atom stereocenters. The van der Waals surface area contributed by atoms with Crippen LogP contribution in [0.5, 0.6) is 11.5 Å². The molecule has 1 saturated heterocycles. The van der Waals surface area contributed by atoms with Gasteiger partial charge in [-0.05, 0) is 67.8 Å². The van der Waals surface area contributed by atoms with Gasteiger partial charge in [0.15, 0.2) is 0 Å². The Morgan fingerprint density at radius 3 is 2.27 bits per heavy atom. The molecule has 160 valence electrons. The maximum absolute atomic E-state index is 12.7. The van der Waals surface area contributed by atoms with E-state index in [1.165, 1.54) is 0 Å². The molecule has 2 aromatic carbocycles. The lowest BCUT2D eigenvalue weighted by atomic mass is 10.1. The first kappa shape index (κ1) is 21.6. The lowest BCUT2D eigenvalue weighted by molar-refractivity contribution is -0.124. The van der Waals surface area contributed by atoms with Gasteiger partial charge in [-0.1, -0.05) is 12.1 Å². The van der Waals surface area contributed by atoms with Gasteiger partial charge in [-0.15, -0.1) is 0 Å². The van der Waals surface area contributed by atoms with Gasteiger partial charge in [-0.3, -0.25) is 14.5 Å². The highest BCUT2D eigenvalue weighted by atomic mass is 16.5. The van der Waals surface area contributed by atoms with Crippen molar-refractivity contribution in [3.8, 4) is 11.5 Å². The molecule has 1 aliphatic rings. The van der Waals surface area contributed by atoms with Gasteiger partial charge in [0.1, 0.15) is 11.5 Å². The summed E-state index contributed by atoms with van der Waals surface area (Å²) in [5.41, 5.74) is 1.85. The monoisotopic (exact) mass is 411 g/mol. The summed E-state index contributed by atoms with van der Waals surface area (Å²) in [5, 5.41) is 5.89. The topological polar surface area (TPSA) is 79.9 Å². The number of benzene rings is 2. The zero-order chi connectivity index (χ0) is 21.3. The number of hydrogen-bond acceptors (Lipinski definition) is 5. The molecule has 1 heterocycles. The van der Waals surface area contributed by atoms with E-state index < -0.39 is 0 Å². The van der Waals surface area contributed by atoms with E-state index in [2.05, 4.69) is 10.6 Å². The molecular weight excluding hydrogens is 382 g/mol. The van der Waals surface area contributed by atoms with Crippen LogP contribution in [0.2, 0.25) is 0 Å². The fourth-order valence-electron chi connectivity index (χ4n) is 3.59. The second-order valence-electron chi connectivity index (χ2n) is 7.29. The number of rotatable bonds is 9. The van der Waals surface area contributed by atoms with Gasteiger partial charge in [0.25, 0.3) is 0 Å². The van der Waals surface area contributed by atoms with Crippen molar-refractivity contribution in [3.05, 3.63) is 54.1 Å². The minimum absolute atomic E-state index is 0.0624. The molecular formula is C23H29N3O4. The minimum Gasteiger partial charge on any atom is -0.497 e. The molecule has 3 rings (SSSR count). The van der Waals surface area contributed by atoms with Crippen LogP contribution in [0.15, 0.2) is 48.5 Å². The fraction of sp³-hybridized carbons (Fsp3) is 0.391. The van der Waals surface area contributed by atoms with Crippen LogP contribution in [0.1, 0.15) is 18.4 Å². The fourth-order valence-corrected chi connectivity index (χ4v) is 3.59. The normalized spacial score (nSPS) is 16.1. The zero-order valence-electron chi connectivity index (χ0n) is 17.5.